The highest BCUT2D eigenvalue weighted by Gasteiger charge is 2.22. The molecule has 1 aromatic heterocycles. The molecule has 1 atom stereocenters. The Bertz CT molecular complexity index is 466. The number of nitrogens with zero attached hydrogens (tertiary/aromatic N) is 1. The fourth-order valence-electron chi connectivity index (χ4n) is 1.92. The Morgan fingerprint density at radius 3 is 2.94 bits per heavy atom. The minimum atomic E-state index is -0.972. The van der Waals surface area contributed by atoms with Crippen LogP contribution in [0.2, 0.25) is 0 Å². The standard InChI is InChI=1S/C11H15N3O3S/c1-6-9(11(16)17)18-8(14-6)5-13-10(15)7-3-2-4-12-7/h7,12H,2-5H2,1H3,(H,13,15)(H,16,17). The number of aryl methyl sites for hydroxylation is 1. The number of hydrogen-bond donors (Lipinski definition) is 3. The average molecular weight is 269 g/mol. The van der Waals surface area contributed by atoms with Crippen molar-refractivity contribution < 1.29 is 14.7 Å². The molecule has 1 aliphatic heterocycles. The molecule has 2 rings (SSSR count). The smallest absolute Gasteiger partial charge is 0.347 e. The van der Waals surface area contributed by atoms with E-state index >= 15 is 0 Å². The van der Waals surface area contributed by atoms with E-state index in [0.717, 1.165) is 30.7 Å². The maximum Gasteiger partial charge on any atom is 0.347 e. The van der Waals surface area contributed by atoms with Gasteiger partial charge in [-0.3, -0.25) is 4.79 Å². The number of thiazole rings is 1. The predicted octanol–water partition coefficient (Wildman–Crippen LogP) is 0.518. The summed E-state index contributed by atoms with van der Waals surface area (Å²) in [7, 11) is 0. The first kappa shape index (κ1) is 13.0. The molecule has 1 unspecified atom stereocenters. The molecule has 1 fully saturated rings. The molecule has 1 aliphatic rings. The fourth-order valence-corrected chi connectivity index (χ4v) is 2.76. The predicted molar refractivity (Wildman–Crippen MR) is 66.7 cm³/mol. The summed E-state index contributed by atoms with van der Waals surface area (Å²) in [5, 5.41) is 15.4. The highest BCUT2D eigenvalue weighted by Crippen LogP contribution is 2.17. The van der Waals surface area contributed by atoms with Crippen LogP contribution < -0.4 is 10.6 Å². The number of aromatic nitrogens is 1. The number of hydrogen-bond acceptors (Lipinski definition) is 5. The van der Waals surface area contributed by atoms with Crippen LogP contribution >= 0.6 is 11.3 Å². The van der Waals surface area contributed by atoms with E-state index in [1.165, 1.54) is 0 Å². The quantitative estimate of drug-likeness (QED) is 0.741. The zero-order valence-corrected chi connectivity index (χ0v) is 10.8. The normalized spacial score (nSPS) is 18.8. The molecule has 0 saturated carbocycles. The van der Waals surface area contributed by atoms with E-state index in [-0.39, 0.29) is 23.4 Å². The van der Waals surface area contributed by atoms with Crippen LogP contribution in [-0.2, 0) is 11.3 Å². The monoisotopic (exact) mass is 269 g/mol. The lowest BCUT2D eigenvalue weighted by Crippen LogP contribution is -2.39. The van der Waals surface area contributed by atoms with Crippen molar-refractivity contribution in [3.05, 3.63) is 15.6 Å². The van der Waals surface area contributed by atoms with Crippen LogP contribution in [0.3, 0.4) is 0 Å². The Hall–Kier alpha value is -1.47. The minimum Gasteiger partial charge on any atom is -0.477 e. The van der Waals surface area contributed by atoms with Crippen molar-refractivity contribution in [3.8, 4) is 0 Å². The van der Waals surface area contributed by atoms with Crippen LogP contribution in [0.15, 0.2) is 0 Å². The number of carbonyl (C=O) groups is 2. The lowest BCUT2D eigenvalue weighted by Gasteiger charge is -2.09. The van der Waals surface area contributed by atoms with Crippen molar-refractivity contribution in [3.63, 3.8) is 0 Å². The number of rotatable bonds is 4. The van der Waals surface area contributed by atoms with Gasteiger partial charge in [0.2, 0.25) is 5.91 Å². The van der Waals surface area contributed by atoms with Crippen molar-refractivity contribution in [1.82, 2.24) is 15.6 Å². The number of carboxylic acids is 1. The topological polar surface area (TPSA) is 91.3 Å². The largest absolute Gasteiger partial charge is 0.477 e. The number of carbonyl (C=O) groups excluding carboxylic acids is 1. The third-order valence-electron chi connectivity index (χ3n) is 2.83. The van der Waals surface area contributed by atoms with E-state index in [1.807, 2.05) is 0 Å². The van der Waals surface area contributed by atoms with Gasteiger partial charge in [-0.25, -0.2) is 9.78 Å². The third kappa shape index (κ3) is 2.85. The number of amides is 1. The van der Waals surface area contributed by atoms with Crippen molar-refractivity contribution >= 4 is 23.2 Å². The average Bonchev–Trinajstić information content (AvgIpc) is 2.94. The second kappa shape index (κ2) is 5.45. The lowest BCUT2D eigenvalue weighted by molar-refractivity contribution is -0.122. The molecule has 1 saturated heterocycles. The van der Waals surface area contributed by atoms with E-state index in [1.54, 1.807) is 6.92 Å². The first-order valence-electron chi connectivity index (χ1n) is 5.78. The molecule has 0 spiro atoms. The minimum absolute atomic E-state index is 0.0442. The fraction of sp³-hybridized carbons (Fsp3) is 0.545. The number of nitrogens with one attached hydrogen (secondary N) is 2. The van der Waals surface area contributed by atoms with Crippen molar-refractivity contribution in [2.45, 2.75) is 32.4 Å². The summed E-state index contributed by atoms with van der Waals surface area (Å²) in [6.07, 6.45) is 1.86. The van der Waals surface area contributed by atoms with Crippen LogP contribution in [0, 0.1) is 6.92 Å². The van der Waals surface area contributed by atoms with Crippen LogP contribution in [-0.4, -0.2) is 34.6 Å². The van der Waals surface area contributed by atoms with Crippen molar-refractivity contribution in [1.29, 1.82) is 0 Å². The second-order valence-electron chi connectivity index (χ2n) is 4.19. The van der Waals surface area contributed by atoms with Crippen LogP contribution in [0.1, 0.15) is 33.2 Å². The Balaban J connectivity index is 1.91. The van der Waals surface area contributed by atoms with Crippen LogP contribution in [0.4, 0.5) is 0 Å². The molecule has 2 heterocycles. The molecule has 0 bridgehead atoms. The van der Waals surface area contributed by atoms with Crippen molar-refractivity contribution in [2.75, 3.05) is 6.54 Å². The Labute approximate surface area is 108 Å². The van der Waals surface area contributed by atoms with E-state index in [0.29, 0.717) is 10.7 Å². The molecular weight excluding hydrogens is 254 g/mol. The Morgan fingerprint density at radius 1 is 1.61 bits per heavy atom. The van der Waals surface area contributed by atoms with Gasteiger partial charge in [0.15, 0.2) is 0 Å². The maximum atomic E-state index is 11.7. The summed E-state index contributed by atoms with van der Waals surface area (Å²) in [5.74, 6) is -1.02. The first-order chi connectivity index (χ1) is 8.58. The highest BCUT2D eigenvalue weighted by atomic mass is 32.1. The first-order valence-corrected chi connectivity index (χ1v) is 6.60. The summed E-state index contributed by atoms with van der Waals surface area (Å²) in [6.45, 7) is 2.82. The molecule has 98 valence electrons. The molecule has 0 radical (unpaired) electrons. The van der Waals surface area contributed by atoms with Gasteiger partial charge < -0.3 is 15.7 Å². The molecule has 0 aliphatic carbocycles. The van der Waals surface area contributed by atoms with Gasteiger partial charge in [-0.15, -0.1) is 11.3 Å². The zero-order chi connectivity index (χ0) is 13.1. The molecule has 7 heteroatoms. The molecule has 3 N–H and O–H groups in total. The summed E-state index contributed by atoms with van der Waals surface area (Å²) in [6, 6.07) is -0.120. The Morgan fingerprint density at radius 2 is 2.39 bits per heavy atom. The van der Waals surface area contributed by atoms with Gasteiger partial charge in [0.1, 0.15) is 9.88 Å². The molecular formula is C11H15N3O3S. The van der Waals surface area contributed by atoms with E-state index in [4.69, 9.17) is 5.11 Å². The second-order valence-corrected chi connectivity index (χ2v) is 5.28. The van der Waals surface area contributed by atoms with Crippen LogP contribution in [0.5, 0.6) is 0 Å². The van der Waals surface area contributed by atoms with Crippen molar-refractivity contribution in [2.24, 2.45) is 0 Å². The molecule has 6 nitrogen and oxygen atoms in total. The lowest BCUT2D eigenvalue weighted by atomic mass is 10.2. The zero-order valence-electron chi connectivity index (χ0n) is 10.0. The van der Waals surface area contributed by atoms with Gasteiger partial charge in [0.25, 0.3) is 0 Å². The number of aromatic carboxylic acids is 1. The SMILES string of the molecule is Cc1nc(CNC(=O)C2CCCN2)sc1C(=O)O. The van der Waals surface area contributed by atoms with Gasteiger partial charge in [0.05, 0.1) is 18.3 Å². The molecule has 0 aromatic carbocycles. The van der Waals surface area contributed by atoms with Gasteiger partial charge in [-0.05, 0) is 26.3 Å². The van der Waals surface area contributed by atoms with E-state index in [9.17, 15) is 9.59 Å². The molecule has 1 amide bonds. The summed E-state index contributed by atoms with van der Waals surface area (Å²) >= 11 is 1.11. The number of carboxylic acid groups (broad SMARTS) is 1. The molecule has 1 aromatic rings. The Kier molecular flexibility index (Phi) is 3.93. The van der Waals surface area contributed by atoms with Gasteiger partial charge in [-0.1, -0.05) is 0 Å². The van der Waals surface area contributed by atoms with Gasteiger partial charge >= 0.3 is 5.97 Å². The van der Waals surface area contributed by atoms with Gasteiger partial charge in [-0.2, -0.15) is 0 Å². The third-order valence-corrected chi connectivity index (χ3v) is 3.97. The molecule has 18 heavy (non-hydrogen) atoms. The van der Waals surface area contributed by atoms with Crippen LogP contribution in [0.25, 0.3) is 0 Å². The van der Waals surface area contributed by atoms with E-state index < -0.39 is 5.97 Å². The summed E-state index contributed by atoms with van der Waals surface area (Å²) in [4.78, 5) is 27.0. The maximum absolute atomic E-state index is 11.7. The highest BCUT2D eigenvalue weighted by molar-refractivity contribution is 7.13. The summed E-state index contributed by atoms with van der Waals surface area (Å²) < 4.78 is 0. The van der Waals surface area contributed by atoms with E-state index in [2.05, 4.69) is 15.6 Å². The van der Waals surface area contributed by atoms with Gasteiger partial charge in [0, 0.05) is 0 Å². The summed E-state index contributed by atoms with van der Waals surface area (Å²) in [5.41, 5.74) is 0.496.